The van der Waals surface area contributed by atoms with Crippen molar-refractivity contribution in [3.05, 3.63) is 11.1 Å². The van der Waals surface area contributed by atoms with Crippen molar-refractivity contribution >= 4 is 0 Å². The molecule has 0 atom stereocenters. The molecule has 0 saturated heterocycles. The van der Waals surface area contributed by atoms with Crippen molar-refractivity contribution in [2.45, 2.75) is 25.7 Å². The Morgan fingerprint density at radius 3 is 1.60 bits per heavy atom. The van der Waals surface area contributed by atoms with Crippen LogP contribution in [-0.2, 0) is 0 Å². The molecule has 58 valence electrons. The molecule has 0 radical (unpaired) electrons. The minimum atomic E-state index is 0.715. The lowest BCUT2D eigenvalue weighted by Gasteiger charge is -2.17. The fourth-order valence-electron chi connectivity index (χ4n) is 1.52. The first-order chi connectivity index (χ1) is 4.88. The molecule has 0 unspecified atom stereocenters. The third-order valence-electron chi connectivity index (χ3n) is 2.20. The first-order valence-corrected chi connectivity index (χ1v) is 3.98. The van der Waals surface area contributed by atoms with E-state index in [9.17, 15) is 0 Å². The van der Waals surface area contributed by atoms with E-state index in [0.717, 1.165) is 0 Å². The summed E-state index contributed by atoms with van der Waals surface area (Å²) in [5.74, 6) is 0. The van der Waals surface area contributed by atoms with Crippen molar-refractivity contribution in [1.82, 2.24) is 0 Å². The van der Waals surface area contributed by atoms with Crippen LogP contribution in [0, 0.1) is 0 Å². The van der Waals surface area contributed by atoms with Gasteiger partial charge in [0.1, 0.15) is 0 Å². The molecule has 0 saturated carbocycles. The first kappa shape index (κ1) is 7.76. The maximum atomic E-state index is 5.56. The zero-order chi connectivity index (χ0) is 7.40. The zero-order valence-corrected chi connectivity index (χ0v) is 6.40. The van der Waals surface area contributed by atoms with Gasteiger partial charge in [0.15, 0.2) is 0 Å². The van der Waals surface area contributed by atoms with E-state index in [1.165, 1.54) is 36.8 Å². The SMILES string of the molecule is NCC1=C(CN)CCCC1. The molecule has 10 heavy (non-hydrogen) atoms. The van der Waals surface area contributed by atoms with E-state index in [-0.39, 0.29) is 0 Å². The maximum Gasteiger partial charge on any atom is 0.0140 e. The predicted molar refractivity (Wildman–Crippen MR) is 43.6 cm³/mol. The lowest BCUT2D eigenvalue weighted by molar-refractivity contribution is 0.653. The van der Waals surface area contributed by atoms with Gasteiger partial charge in [-0.05, 0) is 25.7 Å². The van der Waals surface area contributed by atoms with Gasteiger partial charge < -0.3 is 11.5 Å². The molecule has 0 amide bonds. The van der Waals surface area contributed by atoms with E-state index in [4.69, 9.17) is 11.5 Å². The molecule has 2 nitrogen and oxygen atoms in total. The van der Waals surface area contributed by atoms with Crippen LogP contribution in [0.2, 0.25) is 0 Å². The summed E-state index contributed by atoms with van der Waals surface area (Å²) < 4.78 is 0. The van der Waals surface area contributed by atoms with Crippen molar-refractivity contribution < 1.29 is 0 Å². The first-order valence-electron chi connectivity index (χ1n) is 3.98. The largest absolute Gasteiger partial charge is 0.327 e. The third kappa shape index (κ3) is 1.58. The van der Waals surface area contributed by atoms with Gasteiger partial charge in [-0.25, -0.2) is 0 Å². The van der Waals surface area contributed by atoms with Gasteiger partial charge in [0.2, 0.25) is 0 Å². The Bertz CT molecular complexity index is 122. The number of hydrogen-bond acceptors (Lipinski definition) is 2. The van der Waals surface area contributed by atoms with Crippen LogP contribution >= 0.6 is 0 Å². The fraction of sp³-hybridized carbons (Fsp3) is 0.750. The summed E-state index contributed by atoms with van der Waals surface area (Å²) in [6.07, 6.45) is 4.97. The van der Waals surface area contributed by atoms with Crippen molar-refractivity contribution in [1.29, 1.82) is 0 Å². The average molecular weight is 140 g/mol. The van der Waals surface area contributed by atoms with Crippen LogP contribution in [0.15, 0.2) is 11.1 Å². The van der Waals surface area contributed by atoms with Crippen molar-refractivity contribution in [3.8, 4) is 0 Å². The third-order valence-corrected chi connectivity index (χ3v) is 2.20. The van der Waals surface area contributed by atoms with E-state index in [1.54, 1.807) is 0 Å². The molecule has 0 spiro atoms. The minimum Gasteiger partial charge on any atom is -0.327 e. The molecule has 0 bridgehead atoms. The highest BCUT2D eigenvalue weighted by Crippen LogP contribution is 2.22. The Balaban J connectivity index is 2.63. The van der Waals surface area contributed by atoms with Crippen LogP contribution in [0.4, 0.5) is 0 Å². The summed E-state index contributed by atoms with van der Waals surface area (Å²) in [5, 5.41) is 0. The highest BCUT2D eigenvalue weighted by atomic mass is 14.6. The Hall–Kier alpha value is -0.340. The van der Waals surface area contributed by atoms with Gasteiger partial charge >= 0.3 is 0 Å². The van der Waals surface area contributed by atoms with Crippen molar-refractivity contribution in [2.75, 3.05) is 13.1 Å². The Morgan fingerprint density at radius 2 is 1.30 bits per heavy atom. The molecular weight excluding hydrogens is 124 g/mol. The zero-order valence-electron chi connectivity index (χ0n) is 6.40. The van der Waals surface area contributed by atoms with E-state index >= 15 is 0 Å². The van der Waals surface area contributed by atoms with Crippen LogP contribution in [0.5, 0.6) is 0 Å². The van der Waals surface area contributed by atoms with E-state index in [0.29, 0.717) is 13.1 Å². The highest BCUT2D eigenvalue weighted by molar-refractivity contribution is 5.18. The number of nitrogens with two attached hydrogens (primary N) is 2. The summed E-state index contributed by atoms with van der Waals surface area (Å²) >= 11 is 0. The molecule has 4 N–H and O–H groups in total. The van der Waals surface area contributed by atoms with Crippen LogP contribution in [0.3, 0.4) is 0 Å². The topological polar surface area (TPSA) is 52.0 Å². The van der Waals surface area contributed by atoms with Gasteiger partial charge in [0.25, 0.3) is 0 Å². The molecule has 0 heterocycles. The average Bonchev–Trinajstić information content (AvgIpc) is 2.04. The molecule has 1 aliphatic rings. The summed E-state index contributed by atoms with van der Waals surface area (Å²) in [7, 11) is 0. The molecular formula is C8H16N2. The molecule has 1 rings (SSSR count). The van der Waals surface area contributed by atoms with Gasteiger partial charge in [0, 0.05) is 13.1 Å². The molecule has 0 aromatic carbocycles. The van der Waals surface area contributed by atoms with Crippen LogP contribution < -0.4 is 11.5 Å². The van der Waals surface area contributed by atoms with E-state index in [2.05, 4.69) is 0 Å². The second-order valence-electron chi connectivity index (χ2n) is 2.82. The summed E-state index contributed by atoms with van der Waals surface area (Å²) in [6, 6.07) is 0. The lowest BCUT2D eigenvalue weighted by Crippen LogP contribution is -2.15. The van der Waals surface area contributed by atoms with Gasteiger partial charge in [-0.1, -0.05) is 11.1 Å². The normalized spacial score (nSPS) is 19.8. The lowest BCUT2D eigenvalue weighted by atomic mass is 9.92. The Morgan fingerprint density at radius 1 is 0.900 bits per heavy atom. The van der Waals surface area contributed by atoms with Gasteiger partial charge in [0.05, 0.1) is 0 Å². The molecule has 2 heteroatoms. The smallest absolute Gasteiger partial charge is 0.0140 e. The Kier molecular flexibility index (Phi) is 2.90. The van der Waals surface area contributed by atoms with Gasteiger partial charge in [-0.3, -0.25) is 0 Å². The molecule has 1 aliphatic carbocycles. The molecule has 0 aromatic rings. The van der Waals surface area contributed by atoms with Crippen molar-refractivity contribution in [2.24, 2.45) is 11.5 Å². The quantitative estimate of drug-likeness (QED) is 0.557. The number of hydrogen-bond donors (Lipinski definition) is 2. The van der Waals surface area contributed by atoms with Crippen LogP contribution in [-0.4, -0.2) is 13.1 Å². The predicted octanol–water partition coefficient (Wildman–Crippen LogP) is 0.774. The summed E-state index contributed by atoms with van der Waals surface area (Å²) in [5.41, 5.74) is 13.9. The van der Waals surface area contributed by atoms with Crippen LogP contribution in [0.25, 0.3) is 0 Å². The fourth-order valence-corrected chi connectivity index (χ4v) is 1.52. The van der Waals surface area contributed by atoms with Crippen molar-refractivity contribution in [3.63, 3.8) is 0 Å². The number of rotatable bonds is 2. The summed E-state index contributed by atoms with van der Waals surface area (Å²) in [6.45, 7) is 1.43. The van der Waals surface area contributed by atoms with Crippen LogP contribution in [0.1, 0.15) is 25.7 Å². The second-order valence-corrected chi connectivity index (χ2v) is 2.82. The van der Waals surface area contributed by atoms with E-state index in [1.807, 2.05) is 0 Å². The standard InChI is InChI=1S/C8H16N2/c9-5-7-3-1-2-4-8(7)6-10/h1-6,9-10H2. The maximum absolute atomic E-state index is 5.56. The second kappa shape index (κ2) is 3.74. The molecule has 0 aliphatic heterocycles. The molecule has 0 fully saturated rings. The Labute approximate surface area is 62.3 Å². The van der Waals surface area contributed by atoms with E-state index < -0.39 is 0 Å². The van der Waals surface area contributed by atoms with Gasteiger partial charge in [-0.2, -0.15) is 0 Å². The van der Waals surface area contributed by atoms with Gasteiger partial charge in [-0.15, -0.1) is 0 Å². The molecule has 0 aromatic heterocycles. The minimum absolute atomic E-state index is 0.715. The monoisotopic (exact) mass is 140 g/mol. The highest BCUT2D eigenvalue weighted by Gasteiger charge is 2.08. The summed E-state index contributed by atoms with van der Waals surface area (Å²) in [4.78, 5) is 0.